The lowest BCUT2D eigenvalue weighted by Crippen LogP contribution is -2.42. The lowest BCUT2D eigenvalue weighted by molar-refractivity contribution is -0.157. The minimum absolute atomic E-state index is 0.306. The summed E-state index contributed by atoms with van der Waals surface area (Å²) in [5, 5.41) is 6.64. The van der Waals surface area contributed by atoms with Crippen LogP contribution in [-0.2, 0) is 4.79 Å². The summed E-state index contributed by atoms with van der Waals surface area (Å²) in [4.78, 5) is 16.3. The van der Waals surface area contributed by atoms with Crippen molar-refractivity contribution in [2.24, 2.45) is 4.99 Å². The van der Waals surface area contributed by atoms with Gasteiger partial charge in [0.25, 0.3) is 0 Å². The van der Waals surface area contributed by atoms with E-state index >= 15 is 0 Å². The highest BCUT2D eigenvalue weighted by atomic mass is 32.2. The topological polar surface area (TPSA) is 56.7 Å². The maximum absolute atomic E-state index is 12.2. The Morgan fingerprint density at radius 2 is 2.14 bits per heavy atom. The summed E-state index contributed by atoms with van der Waals surface area (Å²) in [6.45, 7) is 1.68. The molecule has 0 bridgehead atoms. The van der Waals surface area contributed by atoms with Crippen molar-refractivity contribution in [3.63, 3.8) is 0 Å². The molecule has 0 aromatic rings. The zero-order chi connectivity index (χ0) is 16.6. The maximum atomic E-state index is 12.2. The fourth-order valence-corrected chi connectivity index (χ4v) is 3.18. The lowest BCUT2D eigenvalue weighted by Gasteiger charge is -2.18. The fraction of sp³-hybridized carbons (Fsp3) is 0.846. The van der Waals surface area contributed by atoms with Gasteiger partial charge in [0.1, 0.15) is 13.1 Å². The molecule has 0 radical (unpaired) electrons. The van der Waals surface area contributed by atoms with Gasteiger partial charge in [0.05, 0.1) is 0 Å². The molecule has 5 nitrogen and oxygen atoms in total. The van der Waals surface area contributed by atoms with Gasteiger partial charge in [-0.1, -0.05) is 0 Å². The summed E-state index contributed by atoms with van der Waals surface area (Å²) in [5.41, 5.74) is 0. The number of likely N-dealkylation sites (N-methyl/N-ethyl adjacent to an activating group) is 1. The Morgan fingerprint density at radius 3 is 2.68 bits per heavy atom. The quantitative estimate of drug-likeness (QED) is 0.568. The van der Waals surface area contributed by atoms with Gasteiger partial charge in [0.15, 0.2) is 5.96 Å². The van der Waals surface area contributed by atoms with Crippen LogP contribution in [0.1, 0.15) is 19.8 Å². The molecule has 22 heavy (non-hydrogen) atoms. The van der Waals surface area contributed by atoms with Gasteiger partial charge in [0.2, 0.25) is 5.91 Å². The van der Waals surface area contributed by atoms with E-state index in [9.17, 15) is 18.0 Å². The number of guanidine groups is 1. The molecule has 1 saturated heterocycles. The molecule has 0 aromatic heterocycles. The first kappa shape index (κ1) is 18.9. The Morgan fingerprint density at radius 1 is 1.41 bits per heavy atom. The van der Waals surface area contributed by atoms with E-state index in [1.165, 1.54) is 6.42 Å². The van der Waals surface area contributed by atoms with E-state index in [1.54, 1.807) is 0 Å². The summed E-state index contributed by atoms with van der Waals surface area (Å²) in [5.74, 6) is 0.953. The highest BCUT2D eigenvalue weighted by Crippen LogP contribution is 2.25. The van der Waals surface area contributed by atoms with Gasteiger partial charge in [-0.2, -0.15) is 24.9 Å². The van der Waals surface area contributed by atoms with E-state index in [0.717, 1.165) is 25.8 Å². The molecule has 1 aliphatic rings. The van der Waals surface area contributed by atoms with Crippen molar-refractivity contribution in [2.45, 2.75) is 31.2 Å². The number of rotatable bonds is 6. The van der Waals surface area contributed by atoms with Crippen molar-refractivity contribution < 1.29 is 18.0 Å². The van der Waals surface area contributed by atoms with Crippen LogP contribution in [0.2, 0.25) is 0 Å². The molecule has 0 saturated carbocycles. The van der Waals surface area contributed by atoms with E-state index in [4.69, 9.17) is 0 Å². The summed E-state index contributed by atoms with van der Waals surface area (Å²) in [7, 11) is 1.13. The first-order valence-corrected chi connectivity index (χ1v) is 8.31. The average Bonchev–Trinajstić information content (AvgIpc) is 2.92. The Balaban J connectivity index is 2.44. The number of hydrogen-bond donors (Lipinski definition) is 2. The molecule has 2 N–H and O–H groups in total. The minimum Gasteiger partial charge on any atom is -0.357 e. The molecule has 1 amide bonds. The van der Waals surface area contributed by atoms with E-state index in [-0.39, 0.29) is 6.54 Å². The number of carbonyl (C=O) groups excluding carboxylic acids is 1. The molecule has 128 valence electrons. The van der Waals surface area contributed by atoms with Gasteiger partial charge in [-0.15, -0.1) is 0 Å². The van der Waals surface area contributed by atoms with E-state index in [2.05, 4.69) is 15.6 Å². The van der Waals surface area contributed by atoms with Crippen molar-refractivity contribution in [3.8, 4) is 0 Å². The number of aliphatic imine (C=N–C) groups is 1. The van der Waals surface area contributed by atoms with Gasteiger partial charge in [-0.3, -0.25) is 4.79 Å². The molecule has 1 heterocycles. The Kier molecular flexibility index (Phi) is 7.84. The van der Waals surface area contributed by atoms with Crippen molar-refractivity contribution in [1.29, 1.82) is 0 Å². The molecular weight excluding hydrogens is 317 g/mol. The lowest BCUT2D eigenvalue weighted by atomic mass is 10.2. The zero-order valence-corrected chi connectivity index (χ0v) is 13.7. The molecule has 0 spiro atoms. The molecule has 9 heteroatoms. The summed E-state index contributed by atoms with van der Waals surface area (Å²) in [6.07, 6.45) is -2.05. The summed E-state index contributed by atoms with van der Waals surface area (Å²) in [6, 6.07) is 0. The number of halogens is 3. The predicted octanol–water partition coefficient (Wildman–Crippen LogP) is 1.46. The number of nitrogens with one attached hydrogen (secondary N) is 2. The highest BCUT2D eigenvalue weighted by Gasteiger charge is 2.31. The number of alkyl halides is 3. The molecule has 1 aliphatic heterocycles. The second kappa shape index (κ2) is 9.12. The zero-order valence-electron chi connectivity index (χ0n) is 12.9. The molecule has 1 atom stereocenters. The number of carbonyl (C=O) groups is 1. The molecule has 0 aliphatic carbocycles. The van der Waals surface area contributed by atoms with E-state index in [1.807, 2.05) is 18.7 Å². The molecule has 1 rings (SSSR count). The summed E-state index contributed by atoms with van der Waals surface area (Å²) >= 11 is 1.89. The fourth-order valence-electron chi connectivity index (χ4n) is 1.98. The second-order valence-corrected chi connectivity index (χ2v) is 6.48. The number of hydrogen-bond acceptors (Lipinski definition) is 3. The number of thioether (sulfide) groups is 1. The van der Waals surface area contributed by atoms with Crippen molar-refractivity contribution in [3.05, 3.63) is 0 Å². The Bertz CT molecular complexity index is 384. The Hall–Kier alpha value is -1.12. The highest BCUT2D eigenvalue weighted by molar-refractivity contribution is 8.00. The van der Waals surface area contributed by atoms with Crippen molar-refractivity contribution in [1.82, 2.24) is 15.5 Å². The first-order chi connectivity index (χ1) is 10.3. The van der Waals surface area contributed by atoms with Crippen LogP contribution in [0.25, 0.3) is 0 Å². The van der Waals surface area contributed by atoms with Crippen LogP contribution in [0.15, 0.2) is 4.99 Å². The first-order valence-electron chi connectivity index (χ1n) is 7.26. The van der Waals surface area contributed by atoms with Crippen LogP contribution in [0.5, 0.6) is 0 Å². The predicted molar refractivity (Wildman–Crippen MR) is 83.2 cm³/mol. The third kappa shape index (κ3) is 7.77. The number of amides is 1. The van der Waals surface area contributed by atoms with Gasteiger partial charge in [0, 0.05) is 25.4 Å². The normalized spacial score (nSPS) is 19.1. The van der Waals surface area contributed by atoms with Crippen LogP contribution in [0, 0.1) is 0 Å². The molecule has 1 unspecified atom stereocenters. The second-order valence-electron chi connectivity index (χ2n) is 5.08. The summed E-state index contributed by atoms with van der Waals surface area (Å²) < 4.78 is 36.7. The third-order valence-corrected chi connectivity index (χ3v) is 4.48. The molecular formula is C13H23F3N4OS. The molecule has 1 fully saturated rings. The largest absolute Gasteiger partial charge is 0.406 e. The van der Waals surface area contributed by atoms with Gasteiger partial charge in [-0.25, -0.2) is 4.99 Å². The maximum Gasteiger partial charge on any atom is 0.406 e. The van der Waals surface area contributed by atoms with Crippen LogP contribution in [0.3, 0.4) is 0 Å². The van der Waals surface area contributed by atoms with E-state index < -0.39 is 18.6 Å². The number of nitrogens with zero attached hydrogens (tertiary/aromatic N) is 2. The average molecular weight is 340 g/mol. The third-order valence-electron chi connectivity index (χ3n) is 3.08. The van der Waals surface area contributed by atoms with Crippen LogP contribution < -0.4 is 10.6 Å². The van der Waals surface area contributed by atoms with Crippen LogP contribution in [-0.4, -0.2) is 67.2 Å². The standard InChI is InChI=1S/C13H23F3N4OS/c1-3-17-12(18-7-10-5-4-6-22-10)19-8-11(21)20(2)9-13(14,15)16/h10H,3-9H2,1-2H3,(H2,17,18,19). The van der Waals surface area contributed by atoms with Crippen LogP contribution in [0.4, 0.5) is 13.2 Å². The van der Waals surface area contributed by atoms with Gasteiger partial charge < -0.3 is 15.5 Å². The monoisotopic (exact) mass is 340 g/mol. The van der Waals surface area contributed by atoms with E-state index in [0.29, 0.717) is 22.7 Å². The van der Waals surface area contributed by atoms with Crippen molar-refractivity contribution >= 4 is 23.6 Å². The van der Waals surface area contributed by atoms with Crippen molar-refractivity contribution in [2.75, 3.05) is 39.0 Å². The van der Waals surface area contributed by atoms with Crippen LogP contribution >= 0.6 is 11.8 Å². The van der Waals surface area contributed by atoms with Gasteiger partial charge in [-0.05, 0) is 25.5 Å². The van der Waals surface area contributed by atoms with Gasteiger partial charge >= 0.3 is 6.18 Å². The Labute approximate surface area is 133 Å². The minimum atomic E-state index is -4.39. The SMILES string of the molecule is CCNC(=NCC(=O)N(C)CC(F)(F)F)NCC1CCCS1. The smallest absolute Gasteiger partial charge is 0.357 e. The molecule has 0 aromatic carbocycles.